The number of guanidine groups is 1. The number of aliphatic imine (C=N–C) groups is 1. The van der Waals surface area contributed by atoms with Crippen molar-refractivity contribution in [3.8, 4) is 0 Å². The van der Waals surface area contributed by atoms with Crippen molar-refractivity contribution in [2.24, 2.45) is 4.99 Å². The van der Waals surface area contributed by atoms with Gasteiger partial charge in [-0.1, -0.05) is 19.1 Å². The molecule has 0 radical (unpaired) electrons. The van der Waals surface area contributed by atoms with E-state index in [1.165, 1.54) is 0 Å². The molecular weight excluding hydrogens is 503 g/mol. The van der Waals surface area contributed by atoms with E-state index in [4.69, 9.17) is 4.99 Å². The number of nitrogens with zero attached hydrogens (tertiary/aromatic N) is 4. The standard InChI is InChI=1S/C23H38N6O.HI/c1-4-24-23(25-17-19(3)28-15-13-27(5-2)14-16-28)26-18-20-8-10-21(11-9-20)29-12-6-7-22(29)30;/h8-11,19H,4-7,12-18H2,1-3H3,(H2,24,25,26);1H. The van der Waals surface area contributed by atoms with Crippen LogP contribution < -0.4 is 15.5 Å². The van der Waals surface area contributed by atoms with E-state index in [2.05, 4.69) is 53.3 Å². The van der Waals surface area contributed by atoms with E-state index in [-0.39, 0.29) is 29.9 Å². The fourth-order valence-corrected chi connectivity index (χ4v) is 4.11. The number of hydrogen-bond acceptors (Lipinski definition) is 4. The molecule has 1 aromatic rings. The molecule has 0 aromatic heterocycles. The number of carbonyl (C=O) groups is 1. The van der Waals surface area contributed by atoms with E-state index in [1.54, 1.807) is 0 Å². The maximum absolute atomic E-state index is 11.9. The lowest BCUT2D eigenvalue weighted by molar-refractivity contribution is -0.117. The van der Waals surface area contributed by atoms with Crippen LogP contribution in [0.4, 0.5) is 5.69 Å². The molecule has 0 saturated carbocycles. The smallest absolute Gasteiger partial charge is 0.227 e. The molecule has 1 amide bonds. The molecule has 0 spiro atoms. The lowest BCUT2D eigenvalue weighted by Crippen LogP contribution is -2.53. The quantitative estimate of drug-likeness (QED) is 0.301. The van der Waals surface area contributed by atoms with Crippen LogP contribution in [0, 0.1) is 0 Å². The second-order valence-electron chi connectivity index (χ2n) is 8.21. The van der Waals surface area contributed by atoms with Crippen LogP contribution in [0.2, 0.25) is 0 Å². The summed E-state index contributed by atoms with van der Waals surface area (Å²) in [6, 6.07) is 8.69. The third-order valence-electron chi connectivity index (χ3n) is 6.13. The molecule has 3 rings (SSSR count). The van der Waals surface area contributed by atoms with Crippen LogP contribution in [0.1, 0.15) is 39.2 Å². The second-order valence-corrected chi connectivity index (χ2v) is 8.21. The van der Waals surface area contributed by atoms with Crippen molar-refractivity contribution in [3.63, 3.8) is 0 Å². The van der Waals surface area contributed by atoms with E-state index >= 15 is 0 Å². The summed E-state index contributed by atoms with van der Waals surface area (Å²) in [4.78, 5) is 23.6. The van der Waals surface area contributed by atoms with Crippen LogP contribution in [0.15, 0.2) is 29.3 Å². The van der Waals surface area contributed by atoms with Gasteiger partial charge in [0.05, 0.1) is 6.54 Å². The van der Waals surface area contributed by atoms with Crippen molar-refractivity contribution >= 4 is 41.5 Å². The van der Waals surface area contributed by atoms with E-state index < -0.39 is 0 Å². The number of hydrogen-bond donors (Lipinski definition) is 2. The normalized spacial score (nSPS) is 19.3. The van der Waals surface area contributed by atoms with Crippen molar-refractivity contribution < 1.29 is 4.79 Å². The first kappa shape index (κ1) is 25.9. The topological polar surface area (TPSA) is 63.2 Å². The minimum atomic E-state index is 0. The first-order valence-corrected chi connectivity index (χ1v) is 11.5. The largest absolute Gasteiger partial charge is 0.357 e. The van der Waals surface area contributed by atoms with Gasteiger partial charge in [-0.05, 0) is 44.5 Å². The van der Waals surface area contributed by atoms with E-state index in [9.17, 15) is 4.79 Å². The molecule has 2 heterocycles. The molecule has 31 heavy (non-hydrogen) atoms. The predicted octanol–water partition coefficient (Wildman–Crippen LogP) is 2.51. The summed E-state index contributed by atoms with van der Waals surface area (Å²) in [6.45, 7) is 15.5. The number of nitrogens with one attached hydrogen (secondary N) is 2. The molecule has 2 N–H and O–H groups in total. The fraction of sp³-hybridized carbons (Fsp3) is 0.652. The van der Waals surface area contributed by atoms with Crippen LogP contribution >= 0.6 is 24.0 Å². The molecule has 1 unspecified atom stereocenters. The zero-order valence-corrected chi connectivity index (χ0v) is 21.6. The van der Waals surface area contributed by atoms with Gasteiger partial charge >= 0.3 is 0 Å². The van der Waals surface area contributed by atoms with Crippen molar-refractivity contribution in [2.45, 2.75) is 46.2 Å². The first-order chi connectivity index (χ1) is 14.6. The maximum Gasteiger partial charge on any atom is 0.227 e. The van der Waals surface area contributed by atoms with Crippen LogP contribution in [-0.2, 0) is 11.3 Å². The summed E-state index contributed by atoms with van der Waals surface area (Å²) in [7, 11) is 0. The van der Waals surface area contributed by atoms with Gasteiger partial charge in [-0.3, -0.25) is 9.69 Å². The highest BCUT2D eigenvalue weighted by Crippen LogP contribution is 2.21. The number of carbonyl (C=O) groups excluding carboxylic acids is 1. The Morgan fingerprint density at radius 2 is 1.77 bits per heavy atom. The number of anilines is 1. The Kier molecular flexibility index (Phi) is 11.0. The second kappa shape index (κ2) is 13.2. The number of benzene rings is 1. The Bertz CT molecular complexity index is 703. The number of likely N-dealkylation sites (N-methyl/N-ethyl adjacent to an activating group) is 1. The van der Waals surface area contributed by atoms with E-state index in [0.717, 1.165) is 76.0 Å². The molecular formula is C23H39IN6O. The molecule has 8 heteroatoms. The lowest BCUT2D eigenvalue weighted by atomic mass is 10.2. The monoisotopic (exact) mass is 542 g/mol. The SMILES string of the molecule is CCNC(=NCc1ccc(N2CCCC2=O)cc1)NCC(C)N1CCN(CC)CC1.I. The van der Waals surface area contributed by atoms with E-state index in [1.807, 2.05) is 17.0 Å². The first-order valence-electron chi connectivity index (χ1n) is 11.5. The zero-order valence-electron chi connectivity index (χ0n) is 19.3. The van der Waals surface area contributed by atoms with Gasteiger partial charge in [0.2, 0.25) is 5.91 Å². The predicted molar refractivity (Wildman–Crippen MR) is 139 cm³/mol. The highest BCUT2D eigenvalue weighted by atomic mass is 127. The average Bonchev–Trinajstić information content (AvgIpc) is 3.21. The highest BCUT2D eigenvalue weighted by Gasteiger charge is 2.21. The molecule has 1 atom stereocenters. The van der Waals surface area contributed by atoms with Gasteiger partial charge in [0.15, 0.2) is 5.96 Å². The summed E-state index contributed by atoms with van der Waals surface area (Å²) in [6.07, 6.45) is 1.62. The molecule has 0 aliphatic carbocycles. The number of piperazine rings is 1. The highest BCUT2D eigenvalue weighted by molar-refractivity contribution is 14.0. The van der Waals surface area contributed by atoms with Gasteiger partial charge in [0.25, 0.3) is 0 Å². The fourth-order valence-electron chi connectivity index (χ4n) is 4.11. The number of rotatable bonds is 8. The Balaban J connectivity index is 0.00000341. The molecule has 2 saturated heterocycles. The van der Waals surface area contributed by atoms with Crippen molar-refractivity contribution in [3.05, 3.63) is 29.8 Å². The molecule has 2 aliphatic heterocycles. The van der Waals surface area contributed by atoms with E-state index in [0.29, 0.717) is 19.0 Å². The molecule has 1 aromatic carbocycles. The third-order valence-corrected chi connectivity index (χ3v) is 6.13. The van der Waals surface area contributed by atoms with Crippen LogP contribution in [-0.4, -0.2) is 80.1 Å². The Morgan fingerprint density at radius 3 is 2.35 bits per heavy atom. The molecule has 174 valence electrons. The van der Waals surface area contributed by atoms with Gasteiger partial charge < -0.3 is 20.4 Å². The van der Waals surface area contributed by atoms with Crippen molar-refractivity contribution in [1.82, 2.24) is 20.4 Å². The summed E-state index contributed by atoms with van der Waals surface area (Å²) in [5, 5.41) is 6.85. The van der Waals surface area contributed by atoms with Crippen LogP contribution in [0.3, 0.4) is 0 Å². The van der Waals surface area contributed by atoms with Crippen LogP contribution in [0.25, 0.3) is 0 Å². The Hall–Kier alpha value is -1.39. The lowest BCUT2D eigenvalue weighted by Gasteiger charge is -2.37. The zero-order chi connectivity index (χ0) is 21.3. The van der Waals surface area contributed by atoms with Crippen LogP contribution in [0.5, 0.6) is 0 Å². The van der Waals surface area contributed by atoms with Crippen molar-refractivity contribution in [2.75, 3.05) is 57.3 Å². The van der Waals surface area contributed by atoms with Gasteiger partial charge in [-0.2, -0.15) is 0 Å². The third kappa shape index (κ3) is 7.61. The Labute approximate surface area is 204 Å². The molecule has 2 fully saturated rings. The molecule has 0 bridgehead atoms. The number of amides is 1. The van der Waals surface area contributed by atoms with Gasteiger partial charge in [-0.15, -0.1) is 24.0 Å². The number of halogens is 1. The molecule has 7 nitrogen and oxygen atoms in total. The minimum Gasteiger partial charge on any atom is -0.357 e. The molecule has 2 aliphatic rings. The summed E-state index contributed by atoms with van der Waals surface area (Å²) < 4.78 is 0. The maximum atomic E-state index is 11.9. The summed E-state index contributed by atoms with van der Waals surface area (Å²) in [5.41, 5.74) is 2.14. The summed E-state index contributed by atoms with van der Waals surface area (Å²) >= 11 is 0. The van der Waals surface area contributed by atoms with Gasteiger partial charge in [-0.25, -0.2) is 4.99 Å². The van der Waals surface area contributed by atoms with Gasteiger partial charge in [0.1, 0.15) is 0 Å². The van der Waals surface area contributed by atoms with Gasteiger partial charge in [0, 0.05) is 64.0 Å². The Morgan fingerprint density at radius 1 is 1.06 bits per heavy atom. The van der Waals surface area contributed by atoms with Crippen molar-refractivity contribution in [1.29, 1.82) is 0 Å². The minimum absolute atomic E-state index is 0. The average molecular weight is 543 g/mol. The summed E-state index contributed by atoms with van der Waals surface area (Å²) in [5.74, 6) is 1.08.